The van der Waals surface area contributed by atoms with Crippen molar-refractivity contribution in [1.29, 1.82) is 0 Å². The predicted octanol–water partition coefficient (Wildman–Crippen LogP) is 1.95. The Morgan fingerprint density at radius 2 is 2.21 bits per heavy atom. The molecular weight excluding hydrogens is 321 g/mol. The van der Waals surface area contributed by atoms with E-state index in [1.54, 1.807) is 13.0 Å². The molecule has 0 aromatic heterocycles. The van der Waals surface area contributed by atoms with Crippen molar-refractivity contribution in [2.24, 2.45) is 0 Å². The largest absolute Gasteiger partial charge is 0.481 e. The van der Waals surface area contributed by atoms with Gasteiger partial charge in [0, 0.05) is 4.47 Å². The molecule has 0 fully saturated rings. The topological polar surface area (TPSA) is 75.6 Å². The molecule has 1 rings (SSSR count). The Morgan fingerprint density at radius 1 is 1.53 bits per heavy atom. The van der Waals surface area contributed by atoms with Crippen molar-refractivity contribution in [2.75, 3.05) is 6.61 Å². The minimum absolute atomic E-state index is 0.0678. The van der Waals surface area contributed by atoms with E-state index in [4.69, 9.17) is 9.84 Å². The van der Waals surface area contributed by atoms with E-state index < -0.39 is 30.3 Å². The Bertz CT molecular complexity index is 481. The fraction of sp³-hybridized carbons (Fsp3) is 0.333. The summed E-state index contributed by atoms with van der Waals surface area (Å²) in [5, 5.41) is 11.0. The van der Waals surface area contributed by atoms with Crippen LogP contribution in [0.2, 0.25) is 0 Å². The summed E-state index contributed by atoms with van der Waals surface area (Å²) >= 11 is 3.09. The lowest BCUT2D eigenvalue weighted by Gasteiger charge is -2.13. The Labute approximate surface area is 117 Å². The third-order valence-electron chi connectivity index (χ3n) is 2.29. The van der Waals surface area contributed by atoms with Crippen molar-refractivity contribution in [3.8, 4) is 5.75 Å². The normalized spacial score (nSPS) is 11.7. The quantitative estimate of drug-likeness (QED) is 0.834. The van der Waals surface area contributed by atoms with Gasteiger partial charge in [-0.1, -0.05) is 22.9 Å². The Hall–Kier alpha value is -1.63. The van der Waals surface area contributed by atoms with Crippen LogP contribution in [0.5, 0.6) is 5.75 Å². The highest BCUT2D eigenvalue weighted by atomic mass is 79.9. The number of aliphatic carboxylic acids is 1. The number of nitrogens with one attached hydrogen (secondary N) is 1. The van der Waals surface area contributed by atoms with Gasteiger partial charge in [0.05, 0.1) is 0 Å². The molecule has 1 amide bonds. The fourth-order valence-corrected chi connectivity index (χ4v) is 1.64. The summed E-state index contributed by atoms with van der Waals surface area (Å²) in [6.45, 7) is 1.19. The van der Waals surface area contributed by atoms with E-state index in [0.29, 0.717) is 4.47 Å². The van der Waals surface area contributed by atoms with Gasteiger partial charge >= 0.3 is 5.97 Å². The molecule has 0 aliphatic heterocycles. The maximum absolute atomic E-state index is 13.4. The van der Waals surface area contributed by atoms with Crippen molar-refractivity contribution in [2.45, 2.75) is 19.4 Å². The smallest absolute Gasteiger partial charge is 0.326 e. The Balaban J connectivity index is 2.52. The molecule has 0 heterocycles. The summed E-state index contributed by atoms with van der Waals surface area (Å²) in [6.07, 6.45) is 0.258. The molecule has 0 aliphatic rings. The van der Waals surface area contributed by atoms with Crippen LogP contribution in [0.1, 0.15) is 13.3 Å². The van der Waals surface area contributed by atoms with E-state index in [0.717, 1.165) is 0 Å². The van der Waals surface area contributed by atoms with Gasteiger partial charge in [0.2, 0.25) is 0 Å². The number of benzene rings is 1. The summed E-state index contributed by atoms with van der Waals surface area (Å²) < 4.78 is 18.9. The third-order valence-corrected chi connectivity index (χ3v) is 2.79. The van der Waals surface area contributed by atoms with Gasteiger partial charge < -0.3 is 15.2 Å². The molecule has 0 bridgehead atoms. The van der Waals surface area contributed by atoms with Crippen LogP contribution in [0.4, 0.5) is 4.39 Å². The zero-order valence-corrected chi connectivity index (χ0v) is 11.7. The minimum atomic E-state index is -1.12. The highest BCUT2D eigenvalue weighted by molar-refractivity contribution is 9.10. The van der Waals surface area contributed by atoms with Crippen LogP contribution in [0, 0.1) is 5.82 Å². The molecule has 0 spiro atoms. The van der Waals surface area contributed by atoms with Crippen LogP contribution < -0.4 is 10.1 Å². The number of hydrogen-bond donors (Lipinski definition) is 2. The summed E-state index contributed by atoms with van der Waals surface area (Å²) in [7, 11) is 0. The molecule has 5 nitrogen and oxygen atoms in total. The van der Waals surface area contributed by atoms with Crippen molar-refractivity contribution < 1.29 is 23.8 Å². The van der Waals surface area contributed by atoms with Crippen molar-refractivity contribution in [3.05, 3.63) is 28.5 Å². The predicted molar refractivity (Wildman–Crippen MR) is 69.5 cm³/mol. The van der Waals surface area contributed by atoms with Crippen LogP contribution in [0.3, 0.4) is 0 Å². The van der Waals surface area contributed by atoms with Gasteiger partial charge in [-0.2, -0.15) is 0 Å². The molecule has 0 saturated heterocycles. The maximum atomic E-state index is 13.4. The first-order valence-electron chi connectivity index (χ1n) is 5.54. The maximum Gasteiger partial charge on any atom is 0.326 e. The van der Waals surface area contributed by atoms with Crippen LogP contribution in [-0.4, -0.2) is 29.6 Å². The molecule has 19 heavy (non-hydrogen) atoms. The fourth-order valence-electron chi connectivity index (χ4n) is 1.31. The molecule has 0 saturated carbocycles. The standard InChI is InChI=1S/C12H13BrFNO4/c1-2-9(12(17)18)15-11(16)6-19-10-4-3-7(13)5-8(10)14/h3-5,9H,2,6H2,1H3,(H,15,16)(H,17,18)/t9-/m1/s1. The molecule has 0 radical (unpaired) electrons. The first-order chi connectivity index (χ1) is 8.93. The van der Waals surface area contributed by atoms with E-state index >= 15 is 0 Å². The van der Waals surface area contributed by atoms with Crippen LogP contribution >= 0.6 is 15.9 Å². The first kappa shape index (κ1) is 15.4. The lowest BCUT2D eigenvalue weighted by molar-refractivity contribution is -0.142. The molecule has 1 atom stereocenters. The van der Waals surface area contributed by atoms with Crippen molar-refractivity contribution >= 4 is 27.8 Å². The lowest BCUT2D eigenvalue weighted by Crippen LogP contribution is -2.42. The summed E-state index contributed by atoms with van der Waals surface area (Å²) in [5.74, 6) is -2.41. The lowest BCUT2D eigenvalue weighted by atomic mass is 10.2. The number of halogens is 2. The van der Waals surface area contributed by atoms with Gasteiger partial charge in [0.15, 0.2) is 18.2 Å². The van der Waals surface area contributed by atoms with Gasteiger partial charge in [0.1, 0.15) is 6.04 Å². The van der Waals surface area contributed by atoms with Crippen molar-refractivity contribution in [1.82, 2.24) is 5.32 Å². The van der Waals surface area contributed by atoms with Crippen LogP contribution in [0.25, 0.3) is 0 Å². The average Bonchev–Trinajstić information content (AvgIpc) is 2.34. The molecular formula is C12H13BrFNO4. The molecule has 2 N–H and O–H groups in total. The van der Waals surface area contributed by atoms with Crippen molar-refractivity contribution in [3.63, 3.8) is 0 Å². The second-order valence-electron chi connectivity index (χ2n) is 3.73. The van der Waals surface area contributed by atoms with E-state index in [1.165, 1.54) is 12.1 Å². The molecule has 104 valence electrons. The number of carbonyl (C=O) groups excluding carboxylic acids is 1. The third kappa shape index (κ3) is 4.86. The van der Waals surface area contributed by atoms with E-state index in [-0.39, 0.29) is 12.2 Å². The first-order valence-corrected chi connectivity index (χ1v) is 6.33. The Kier molecular flexibility index (Phi) is 5.75. The van der Waals surface area contributed by atoms with Gasteiger partial charge in [-0.3, -0.25) is 4.79 Å². The number of amides is 1. The second-order valence-corrected chi connectivity index (χ2v) is 4.65. The SMILES string of the molecule is CC[C@@H](NC(=O)COc1ccc(Br)cc1F)C(=O)O. The number of carboxylic acid groups (broad SMARTS) is 1. The highest BCUT2D eigenvalue weighted by Crippen LogP contribution is 2.21. The molecule has 1 aromatic rings. The highest BCUT2D eigenvalue weighted by Gasteiger charge is 2.18. The second kappa shape index (κ2) is 7.08. The number of hydrogen-bond acceptors (Lipinski definition) is 3. The molecule has 1 aromatic carbocycles. The number of ether oxygens (including phenoxy) is 1. The zero-order chi connectivity index (χ0) is 14.4. The summed E-state index contributed by atoms with van der Waals surface area (Å²) in [4.78, 5) is 22.1. The van der Waals surface area contributed by atoms with Gasteiger partial charge in [-0.25, -0.2) is 9.18 Å². The molecule has 7 heteroatoms. The average molecular weight is 334 g/mol. The number of rotatable bonds is 6. The van der Waals surface area contributed by atoms with E-state index in [1.807, 2.05) is 0 Å². The van der Waals surface area contributed by atoms with E-state index in [2.05, 4.69) is 21.2 Å². The Morgan fingerprint density at radius 3 is 2.74 bits per heavy atom. The van der Waals surface area contributed by atoms with Gasteiger partial charge in [0.25, 0.3) is 5.91 Å². The van der Waals surface area contributed by atoms with Crippen LogP contribution in [-0.2, 0) is 9.59 Å². The number of carboxylic acids is 1. The summed E-state index contributed by atoms with van der Waals surface area (Å²) in [5.41, 5.74) is 0. The molecule has 0 unspecified atom stereocenters. The van der Waals surface area contributed by atoms with E-state index in [9.17, 15) is 14.0 Å². The van der Waals surface area contributed by atoms with Gasteiger partial charge in [-0.05, 0) is 24.6 Å². The van der Waals surface area contributed by atoms with Crippen LogP contribution in [0.15, 0.2) is 22.7 Å². The zero-order valence-electron chi connectivity index (χ0n) is 10.2. The number of carbonyl (C=O) groups is 2. The van der Waals surface area contributed by atoms with Gasteiger partial charge in [-0.15, -0.1) is 0 Å². The monoisotopic (exact) mass is 333 g/mol. The minimum Gasteiger partial charge on any atom is -0.481 e. The summed E-state index contributed by atoms with van der Waals surface area (Å²) in [6, 6.07) is 3.19. The molecule has 0 aliphatic carbocycles.